The lowest BCUT2D eigenvalue weighted by Gasteiger charge is -2.12. The van der Waals surface area contributed by atoms with Crippen molar-refractivity contribution in [2.24, 2.45) is 0 Å². The molecule has 0 aliphatic heterocycles. The molecular formula is C16H14ClNO2. The molecule has 0 spiro atoms. The first-order chi connectivity index (χ1) is 9.72. The second kappa shape index (κ2) is 6.83. The van der Waals surface area contributed by atoms with Crippen LogP contribution in [-0.4, -0.2) is 6.61 Å². The van der Waals surface area contributed by atoms with Gasteiger partial charge in [-0.2, -0.15) is 5.26 Å². The van der Waals surface area contributed by atoms with Gasteiger partial charge in [0, 0.05) is 11.1 Å². The van der Waals surface area contributed by atoms with Crippen LogP contribution in [0.2, 0.25) is 5.02 Å². The molecule has 0 fully saturated rings. The third kappa shape index (κ3) is 3.66. The summed E-state index contributed by atoms with van der Waals surface area (Å²) in [5.41, 5.74) is 1.52. The van der Waals surface area contributed by atoms with Gasteiger partial charge in [0.2, 0.25) is 0 Å². The summed E-state index contributed by atoms with van der Waals surface area (Å²) in [5, 5.41) is 9.58. The highest BCUT2D eigenvalue weighted by molar-refractivity contribution is 6.30. The zero-order valence-corrected chi connectivity index (χ0v) is 11.9. The van der Waals surface area contributed by atoms with Crippen molar-refractivity contribution in [3.05, 3.63) is 58.6 Å². The average Bonchev–Trinajstić information content (AvgIpc) is 2.46. The zero-order valence-electron chi connectivity index (χ0n) is 11.1. The predicted octanol–water partition coefficient (Wildman–Crippen LogP) is 4.19. The number of halogens is 1. The quantitative estimate of drug-likeness (QED) is 0.828. The topological polar surface area (TPSA) is 42.2 Å². The molecule has 0 saturated heterocycles. The highest BCUT2D eigenvalue weighted by atomic mass is 35.5. The Morgan fingerprint density at radius 2 is 1.95 bits per heavy atom. The summed E-state index contributed by atoms with van der Waals surface area (Å²) in [5.74, 6) is 1.19. The van der Waals surface area contributed by atoms with Crippen molar-refractivity contribution in [2.45, 2.75) is 13.5 Å². The van der Waals surface area contributed by atoms with Gasteiger partial charge in [-0.1, -0.05) is 23.7 Å². The summed E-state index contributed by atoms with van der Waals surface area (Å²) in [4.78, 5) is 0. The van der Waals surface area contributed by atoms with Gasteiger partial charge < -0.3 is 9.47 Å². The minimum Gasteiger partial charge on any atom is -0.490 e. The second-order valence-corrected chi connectivity index (χ2v) is 4.56. The van der Waals surface area contributed by atoms with Gasteiger partial charge in [-0.15, -0.1) is 0 Å². The molecule has 4 heteroatoms. The smallest absolute Gasteiger partial charge is 0.162 e. The molecule has 0 unspecified atom stereocenters. The van der Waals surface area contributed by atoms with E-state index in [4.69, 9.17) is 26.3 Å². The standard InChI is InChI=1S/C16H14ClNO2/c1-2-19-16-9-12(10-18)6-7-15(16)20-11-13-4-3-5-14(17)8-13/h3-9H,2,11H2,1H3. The normalized spacial score (nSPS) is 9.85. The largest absolute Gasteiger partial charge is 0.490 e. The highest BCUT2D eigenvalue weighted by Crippen LogP contribution is 2.29. The van der Waals surface area contributed by atoms with E-state index in [2.05, 4.69) is 6.07 Å². The number of ether oxygens (including phenoxy) is 2. The van der Waals surface area contributed by atoms with Gasteiger partial charge in [0.25, 0.3) is 0 Å². The second-order valence-electron chi connectivity index (χ2n) is 4.12. The first-order valence-electron chi connectivity index (χ1n) is 6.27. The van der Waals surface area contributed by atoms with E-state index in [1.165, 1.54) is 0 Å². The molecule has 20 heavy (non-hydrogen) atoms. The lowest BCUT2D eigenvalue weighted by molar-refractivity contribution is 0.269. The summed E-state index contributed by atoms with van der Waals surface area (Å²) in [6, 6.07) is 14.7. The summed E-state index contributed by atoms with van der Waals surface area (Å²) in [6.07, 6.45) is 0. The minimum atomic E-state index is 0.395. The molecule has 0 amide bonds. The van der Waals surface area contributed by atoms with Crippen molar-refractivity contribution in [1.82, 2.24) is 0 Å². The molecule has 2 aromatic rings. The molecular weight excluding hydrogens is 274 g/mol. The Morgan fingerprint density at radius 1 is 1.10 bits per heavy atom. The Morgan fingerprint density at radius 3 is 2.65 bits per heavy atom. The SMILES string of the molecule is CCOc1cc(C#N)ccc1OCc1cccc(Cl)c1. The maximum absolute atomic E-state index is 8.90. The van der Waals surface area contributed by atoms with E-state index in [9.17, 15) is 0 Å². The number of hydrogen-bond donors (Lipinski definition) is 0. The summed E-state index contributed by atoms with van der Waals surface area (Å²) >= 11 is 5.93. The van der Waals surface area contributed by atoms with Crippen molar-refractivity contribution in [3.63, 3.8) is 0 Å². The molecule has 0 saturated carbocycles. The summed E-state index contributed by atoms with van der Waals surface area (Å²) in [7, 11) is 0. The van der Waals surface area contributed by atoms with E-state index in [1.54, 1.807) is 18.2 Å². The van der Waals surface area contributed by atoms with Crippen LogP contribution < -0.4 is 9.47 Å². The molecule has 0 aliphatic rings. The van der Waals surface area contributed by atoms with Crippen molar-refractivity contribution in [1.29, 1.82) is 5.26 Å². The average molecular weight is 288 g/mol. The van der Waals surface area contributed by atoms with Crippen LogP contribution in [0.1, 0.15) is 18.1 Å². The third-order valence-electron chi connectivity index (χ3n) is 2.66. The first kappa shape index (κ1) is 14.2. The van der Waals surface area contributed by atoms with Crippen molar-refractivity contribution >= 4 is 11.6 Å². The molecule has 0 N–H and O–H groups in total. The molecule has 0 radical (unpaired) electrons. The summed E-state index contributed by atoms with van der Waals surface area (Å²) < 4.78 is 11.2. The van der Waals surface area contributed by atoms with E-state index >= 15 is 0 Å². The van der Waals surface area contributed by atoms with Crippen LogP contribution in [0.15, 0.2) is 42.5 Å². The fourth-order valence-corrected chi connectivity index (χ4v) is 1.97. The van der Waals surface area contributed by atoms with Crippen LogP contribution in [0, 0.1) is 11.3 Å². The molecule has 0 bridgehead atoms. The van der Waals surface area contributed by atoms with Crippen molar-refractivity contribution in [3.8, 4) is 17.6 Å². The maximum atomic E-state index is 8.90. The van der Waals surface area contributed by atoms with Crippen LogP contribution in [0.25, 0.3) is 0 Å². The summed E-state index contributed by atoms with van der Waals surface area (Å²) in [6.45, 7) is 2.80. The van der Waals surface area contributed by atoms with Gasteiger partial charge in [0.05, 0.1) is 18.2 Å². The van der Waals surface area contributed by atoms with Gasteiger partial charge in [-0.3, -0.25) is 0 Å². The third-order valence-corrected chi connectivity index (χ3v) is 2.89. The Hall–Kier alpha value is -2.18. The van der Waals surface area contributed by atoms with Gasteiger partial charge in [0.15, 0.2) is 11.5 Å². The Labute approximate surface area is 123 Å². The lowest BCUT2D eigenvalue weighted by atomic mass is 10.2. The minimum absolute atomic E-state index is 0.395. The maximum Gasteiger partial charge on any atom is 0.162 e. The number of nitriles is 1. The van der Waals surface area contributed by atoms with Crippen LogP contribution >= 0.6 is 11.6 Å². The predicted molar refractivity (Wildman–Crippen MR) is 78.1 cm³/mol. The molecule has 102 valence electrons. The number of nitrogens with zero attached hydrogens (tertiary/aromatic N) is 1. The molecule has 2 aromatic carbocycles. The fraction of sp³-hybridized carbons (Fsp3) is 0.188. The van der Waals surface area contributed by atoms with E-state index in [0.29, 0.717) is 35.3 Å². The molecule has 0 aliphatic carbocycles. The van der Waals surface area contributed by atoms with Crippen LogP contribution in [0.3, 0.4) is 0 Å². The van der Waals surface area contributed by atoms with Crippen LogP contribution in [0.4, 0.5) is 0 Å². The molecule has 3 nitrogen and oxygen atoms in total. The van der Waals surface area contributed by atoms with E-state index in [-0.39, 0.29) is 0 Å². The molecule has 0 heterocycles. The van der Waals surface area contributed by atoms with Crippen LogP contribution in [-0.2, 0) is 6.61 Å². The monoisotopic (exact) mass is 287 g/mol. The first-order valence-corrected chi connectivity index (χ1v) is 6.65. The number of hydrogen-bond acceptors (Lipinski definition) is 3. The van der Waals surface area contributed by atoms with Gasteiger partial charge in [-0.05, 0) is 36.8 Å². The van der Waals surface area contributed by atoms with Gasteiger partial charge >= 0.3 is 0 Å². The van der Waals surface area contributed by atoms with E-state index in [1.807, 2.05) is 31.2 Å². The molecule has 0 aromatic heterocycles. The van der Waals surface area contributed by atoms with Crippen molar-refractivity contribution < 1.29 is 9.47 Å². The van der Waals surface area contributed by atoms with E-state index in [0.717, 1.165) is 5.56 Å². The Bertz CT molecular complexity index is 635. The zero-order chi connectivity index (χ0) is 14.4. The van der Waals surface area contributed by atoms with E-state index < -0.39 is 0 Å². The van der Waals surface area contributed by atoms with Gasteiger partial charge in [-0.25, -0.2) is 0 Å². The number of rotatable bonds is 5. The fourth-order valence-electron chi connectivity index (χ4n) is 1.75. The Kier molecular flexibility index (Phi) is 4.86. The van der Waals surface area contributed by atoms with Crippen molar-refractivity contribution in [2.75, 3.05) is 6.61 Å². The van der Waals surface area contributed by atoms with Crippen LogP contribution in [0.5, 0.6) is 11.5 Å². The van der Waals surface area contributed by atoms with Gasteiger partial charge in [0.1, 0.15) is 6.61 Å². The molecule has 0 atom stereocenters. The number of benzene rings is 2. The highest BCUT2D eigenvalue weighted by Gasteiger charge is 2.07. The lowest BCUT2D eigenvalue weighted by Crippen LogP contribution is -2.00. The molecule has 2 rings (SSSR count). The Balaban J connectivity index is 2.14.